The van der Waals surface area contributed by atoms with E-state index < -0.39 is 10.0 Å². The zero-order valence-corrected chi connectivity index (χ0v) is 10.8. The van der Waals surface area contributed by atoms with Gasteiger partial charge in [0.15, 0.2) is 0 Å². The Hall–Kier alpha value is -1.18. The third kappa shape index (κ3) is 3.66. The lowest BCUT2D eigenvalue weighted by Crippen LogP contribution is -2.33. The van der Waals surface area contributed by atoms with E-state index in [1.807, 2.05) is 0 Å². The molecule has 0 amide bonds. The van der Waals surface area contributed by atoms with Crippen molar-refractivity contribution in [2.75, 3.05) is 24.1 Å². The van der Waals surface area contributed by atoms with Gasteiger partial charge in [0.25, 0.3) is 0 Å². The lowest BCUT2D eigenvalue weighted by Gasteiger charge is -2.13. The van der Waals surface area contributed by atoms with Gasteiger partial charge in [0.2, 0.25) is 10.0 Å². The van der Waals surface area contributed by atoms with Gasteiger partial charge in [-0.1, -0.05) is 0 Å². The molecule has 1 aromatic carbocycles. The molecule has 0 bridgehead atoms. The van der Waals surface area contributed by atoms with Crippen molar-refractivity contribution in [3.05, 3.63) is 29.6 Å². The van der Waals surface area contributed by atoms with Crippen LogP contribution in [0.25, 0.3) is 0 Å². The molecule has 100 valence electrons. The van der Waals surface area contributed by atoms with Crippen LogP contribution in [0.2, 0.25) is 0 Å². The van der Waals surface area contributed by atoms with E-state index in [0.29, 0.717) is 17.7 Å². The molecule has 1 saturated heterocycles. The van der Waals surface area contributed by atoms with Crippen molar-refractivity contribution in [3.63, 3.8) is 0 Å². The summed E-state index contributed by atoms with van der Waals surface area (Å²) < 4.78 is 38.2. The van der Waals surface area contributed by atoms with Gasteiger partial charge >= 0.3 is 0 Å². The molecule has 1 aliphatic rings. The average Bonchev–Trinajstić information content (AvgIpc) is 2.73. The fourth-order valence-corrected chi connectivity index (χ4v) is 2.49. The summed E-state index contributed by atoms with van der Waals surface area (Å²) in [7, 11) is -3.34. The minimum absolute atomic E-state index is 0.0352. The second kappa shape index (κ2) is 5.21. The van der Waals surface area contributed by atoms with Crippen LogP contribution in [0, 0.1) is 5.82 Å². The van der Waals surface area contributed by atoms with Crippen LogP contribution in [0.3, 0.4) is 0 Å². The number of hydrogen-bond donors (Lipinski definition) is 3. The molecule has 1 aliphatic heterocycles. The minimum atomic E-state index is -3.34. The standard InChI is InChI=1S/C11H16FN3O2S/c1-18(16,17)15-9-2-3-10(12)8(6-9)7-11-13-4-5-14-11/h2-3,6,11,13-15H,4-5,7H2,1H3. The largest absolute Gasteiger partial charge is 0.300 e. The van der Waals surface area contributed by atoms with Crippen molar-refractivity contribution < 1.29 is 12.8 Å². The molecule has 7 heteroatoms. The molecular formula is C11H16FN3O2S. The quantitative estimate of drug-likeness (QED) is 0.736. The van der Waals surface area contributed by atoms with Crippen molar-refractivity contribution in [1.29, 1.82) is 0 Å². The lowest BCUT2D eigenvalue weighted by atomic mass is 10.1. The highest BCUT2D eigenvalue weighted by Crippen LogP contribution is 2.17. The van der Waals surface area contributed by atoms with Crippen LogP contribution in [-0.2, 0) is 16.4 Å². The Morgan fingerprint density at radius 2 is 2.06 bits per heavy atom. The molecule has 3 N–H and O–H groups in total. The van der Waals surface area contributed by atoms with Gasteiger partial charge in [0.05, 0.1) is 12.4 Å². The lowest BCUT2D eigenvalue weighted by molar-refractivity contribution is 0.527. The molecule has 0 atom stereocenters. The molecular weight excluding hydrogens is 257 g/mol. The van der Waals surface area contributed by atoms with Crippen LogP contribution in [0.4, 0.5) is 10.1 Å². The van der Waals surface area contributed by atoms with Crippen LogP contribution in [-0.4, -0.2) is 33.9 Å². The zero-order valence-electron chi connectivity index (χ0n) is 10.0. The minimum Gasteiger partial charge on any atom is -0.300 e. The highest BCUT2D eigenvalue weighted by Gasteiger charge is 2.16. The predicted molar refractivity (Wildman–Crippen MR) is 68.4 cm³/mol. The third-order valence-corrected chi connectivity index (χ3v) is 3.29. The Kier molecular flexibility index (Phi) is 3.84. The van der Waals surface area contributed by atoms with Crippen LogP contribution in [0.1, 0.15) is 5.56 Å². The number of sulfonamides is 1. The van der Waals surface area contributed by atoms with Crippen molar-refractivity contribution in [2.24, 2.45) is 0 Å². The van der Waals surface area contributed by atoms with Gasteiger partial charge in [0.1, 0.15) is 5.82 Å². The Bertz CT molecular complexity index is 527. The molecule has 18 heavy (non-hydrogen) atoms. The van der Waals surface area contributed by atoms with Crippen LogP contribution >= 0.6 is 0 Å². The van der Waals surface area contributed by atoms with E-state index >= 15 is 0 Å². The monoisotopic (exact) mass is 273 g/mol. The first-order valence-corrected chi connectivity index (χ1v) is 7.56. The molecule has 1 fully saturated rings. The smallest absolute Gasteiger partial charge is 0.229 e. The highest BCUT2D eigenvalue weighted by atomic mass is 32.2. The molecule has 2 rings (SSSR count). The first kappa shape index (κ1) is 13.3. The fraction of sp³-hybridized carbons (Fsp3) is 0.455. The summed E-state index contributed by atoms with van der Waals surface area (Å²) in [5.41, 5.74) is 0.863. The molecule has 0 spiro atoms. The number of nitrogens with one attached hydrogen (secondary N) is 3. The van der Waals surface area contributed by atoms with E-state index in [1.165, 1.54) is 18.2 Å². The fourth-order valence-electron chi connectivity index (χ4n) is 1.94. The predicted octanol–water partition coefficient (Wildman–Crippen LogP) is 0.259. The summed E-state index contributed by atoms with van der Waals surface area (Å²) in [6.45, 7) is 1.71. The van der Waals surface area contributed by atoms with Gasteiger partial charge < -0.3 is 10.6 Å². The first-order chi connectivity index (χ1) is 8.44. The van der Waals surface area contributed by atoms with E-state index in [1.54, 1.807) is 0 Å². The average molecular weight is 273 g/mol. The third-order valence-electron chi connectivity index (χ3n) is 2.68. The summed E-state index contributed by atoms with van der Waals surface area (Å²) in [6, 6.07) is 4.21. The number of halogens is 1. The molecule has 0 aromatic heterocycles. The first-order valence-electron chi connectivity index (χ1n) is 5.67. The molecule has 1 aromatic rings. The van der Waals surface area contributed by atoms with Gasteiger partial charge in [-0.05, 0) is 23.8 Å². The van der Waals surface area contributed by atoms with E-state index in [4.69, 9.17) is 0 Å². The summed E-state index contributed by atoms with van der Waals surface area (Å²) in [6.07, 6.45) is 1.58. The highest BCUT2D eigenvalue weighted by molar-refractivity contribution is 7.92. The number of benzene rings is 1. The van der Waals surface area contributed by atoms with Gasteiger partial charge in [-0.3, -0.25) is 4.72 Å². The normalized spacial score (nSPS) is 17.0. The van der Waals surface area contributed by atoms with Crippen LogP contribution in [0.15, 0.2) is 18.2 Å². The van der Waals surface area contributed by atoms with Crippen molar-refractivity contribution in [3.8, 4) is 0 Å². The van der Waals surface area contributed by atoms with Crippen molar-refractivity contribution in [2.45, 2.75) is 12.6 Å². The SMILES string of the molecule is CS(=O)(=O)Nc1ccc(F)c(CC2NCCN2)c1. The van der Waals surface area contributed by atoms with E-state index in [9.17, 15) is 12.8 Å². The molecule has 0 radical (unpaired) electrons. The second-order valence-electron chi connectivity index (χ2n) is 4.35. The van der Waals surface area contributed by atoms with Gasteiger partial charge in [-0.25, -0.2) is 12.8 Å². The van der Waals surface area contributed by atoms with Crippen LogP contribution in [0.5, 0.6) is 0 Å². The Morgan fingerprint density at radius 1 is 1.39 bits per heavy atom. The Labute approximate surface area is 106 Å². The number of anilines is 1. The molecule has 0 unspecified atom stereocenters. The maximum atomic E-state index is 13.6. The zero-order chi connectivity index (χ0) is 13.2. The summed E-state index contributed by atoms with van der Waals surface area (Å²) >= 11 is 0. The van der Waals surface area contributed by atoms with Gasteiger partial charge in [0, 0.05) is 25.2 Å². The number of hydrogen-bond acceptors (Lipinski definition) is 4. The van der Waals surface area contributed by atoms with Crippen molar-refractivity contribution in [1.82, 2.24) is 10.6 Å². The molecule has 1 heterocycles. The molecule has 0 saturated carbocycles. The van der Waals surface area contributed by atoms with Gasteiger partial charge in [-0.15, -0.1) is 0 Å². The van der Waals surface area contributed by atoms with E-state index in [-0.39, 0.29) is 12.0 Å². The van der Waals surface area contributed by atoms with Crippen LogP contribution < -0.4 is 15.4 Å². The van der Waals surface area contributed by atoms with E-state index in [2.05, 4.69) is 15.4 Å². The maximum absolute atomic E-state index is 13.6. The summed E-state index contributed by atoms with van der Waals surface area (Å²) in [5.74, 6) is -0.329. The topological polar surface area (TPSA) is 70.2 Å². The second-order valence-corrected chi connectivity index (χ2v) is 6.09. The molecule has 0 aliphatic carbocycles. The Balaban J connectivity index is 2.15. The maximum Gasteiger partial charge on any atom is 0.229 e. The van der Waals surface area contributed by atoms with Gasteiger partial charge in [-0.2, -0.15) is 0 Å². The van der Waals surface area contributed by atoms with Crippen molar-refractivity contribution >= 4 is 15.7 Å². The number of rotatable bonds is 4. The Morgan fingerprint density at radius 3 is 2.67 bits per heavy atom. The molecule has 5 nitrogen and oxygen atoms in total. The summed E-state index contributed by atoms with van der Waals surface area (Å²) in [4.78, 5) is 0. The summed E-state index contributed by atoms with van der Waals surface area (Å²) in [5, 5.41) is 6.37. The van der Waals surface area contributed by atoms with E-state index in [0.717, 1.165) is 19.3 Å².